The third-order valence-electron chi connectivity index (χ3n) is 2.48. The van der Waals surface area contributed by atoms with Gasteiger partial charge in [-0.1, -0.05) is 0 Å². The quantitative estimate of drug-likeness (QED) is 0.678. The van der Waals surface area contributed by atoms with Crippen LogP contribution in [0.5, 0.6) is 0 Å². The minimum absolute atomic E-state index is 0.0678. The number of aromatic nitrogens is 2. The summed E-state index contributed by atoms with van der Waals surface area (Å²) in [7, 11) is 5.21. The molecule has 2 N–H and O–H groups in total. The van der Waals surface area contributed by atoms with Gasteiger partial charge < -0.3 is 20.3 Å². The number of hydrogen-bond donors (Lipinski definition) is 2. The number of methoxy groups -OCH3 is 1. The highest BCUT2D eigenvalue weighted by Gasteiger charge is 2.10. The van der Waals surface area contributed by atoms with E-state index in [1.165, 1.54) is 0 Å². The standard InChI is InChI=1S/C12H21N5O2/c1-9-15-10(13-2)7-11(16-9)17(3)8-12(18)14-5-6-19-4/h7H,5-6,8H2,1-4H3,(H,14,18)(H,13,15,16). The van der Waals surface area contributed by atoms with Crippen LogP contribution in [0.2, 0.25) is 0 Å². The van der Waals surface area contributed by atoms with E-state index in [-0.39, 0.29) is 12.5 Å². The largest absolute Gasteiger partial charge is 0.383 e. The first-order valence-electron chi connectivity index (χ1n) is 6.07. The molecule has 0 spiro atoms. The van der Waals surface area contributed by atoms with Crippen LogP contribution in [0.4, 0.5) is 11.6 Å². The van der Waals surface area contributed by atoms with Crippen LogP contribution in [-0.2, 0) is 9.53 Å². The molecule has 7 nitrogen and oxygen atoms in total. The molecule has 0 aliphatic carbocycles. The highest BCUT2D eigenvalue weighted by Crippen LogP contribution is 2.13. The summed E-state index contributed by atoms with van der Waals surface area (Å²) in [6.07, 6.45) is 0. The molecule has 1 heterocycles. The Labute approximate surface area is 113 Å². The second-order valence-corrected chi connectivity index (χ2v) is 4.11. The van der Waals surface area contributed by atoms with Gasteiger partial charge in [0.2, 0.25) is 5.91 Å². The van der Waals surface area contributed by atoms with Crippen molar-refractivity contribution in [1.82, 2.24) is 15.3 Å². The van der Waals surface area contributed by atoms with Crippen molar-refractivity contribution in [2.24, 2.45) is 0 Å². The molecule has 0 unspecified atom stereocenters. The number of nitrogens with one attached hydrogen (secondary N) is 2. The maximum Gasteiger partial charge on any atom is 0.239 e. The van der Waals surface area contributed by atoms with Crippen molar-refractivity contribution in [2.75, 3.05) is 51.1 Å². The topological polar surface area (TPSA) is 79.4 Å². The highest BCUT2D eigenvalue weighted by molar-refractivity contribution is 5.80. The maximum absolute atomic E-state index is 11.7. The third kappa shape index (κ3) is 5.09. The van der Waals surface area contributed by atoms with Crippen LogP contribution >= 0.6 is 0 Å². The summed E-state index contributed by atoms with van der Waals surface area (Å²) in [5.41, 5.74) is 0. The Kier molecular flexibility index (Phi) is 6.01. The molecule has 0 saturated heterocycles. The smallest absolute Gasteiger partial charge is 0.239 e. The molecule has 0 radical (unpaired) electrons. The Morgan fingerprint density at radius 3 is 2.84 bits per heavy atom. The average molecular weight is 267 g/mol. The number of ether oxygens (including phenoxy) is 1. The number of likely N-dealkylation sites (N-methyl/N-ethyl adjacent to an activating group) is 1. The average Bonchev–Trinajstić information content (AvgIpc) is 2.38. The Balaban J connectivity index is 2.59. The van der Waals surface area contributed by atoms with Gasteiger partial charge in [-0.25, -0.2) is 9.97 Å². The predicted octanol–water partition coefficient (Wildman–Crippen LogP) is 0.0255. The molecule has 0 aromatic carbocycles. The molecule has 1 aromatic rings. The monoisotopic (exact) mass is 267 g/mol. The Bertz CT molecular complexity index is 425. The van der Waals surface area contributed by atoms with Crippen molar-refractivity contribution >= 4 is 17.5 Å². The number of aryl methyl sites for hydroxylation is 1. The van der Waals surface area contributed by atoms with E-state index in [1.54, 1.807) is 25.1 Å². The fraction of sp³-hybridized carbons (Fsp3) is 0.583. The van der Waals surface area contributed by atoms with Crippen LogP contribution in [0, 0.1) is 6.92 Å². The molecule has 1 amide bonds. The van der Waals surface area contributed by atoms with Gasteiger partial charge in [0, 0.05) is 33.8 Å². The molecule has 0 bridgehead atoms. The number of carbonyl (C=O) groups is 1. The summed E-state index contributed by atoms with van der Waals surface area (Å²) < 4.78 is 4.87. The molecule has 0 saturated carbocycles. The third-order valence-corrected chi connectivity index (χ3v) is 2.48. The van der Waals surface area contributed by atoms with Crippen LogP contribution in [0.1, 0.15) is 5.82 Å². The van der Waals surface area contributed by atoms with Crippen LogP contribution < -0.4 is 15.5 Å². The molecule has 7 heteroatoms. The fourth-order valence-electron chi connectivity index (χ4n) is 1.52. The molecule has 1 rings (SSSR count). The van der Waals surface area contributed by atoms with Crippen LogP contribution in [0.3, 0.4) is 0 Å². The molecule has 19 heavy (non-hydrogen) atoms. The summed E-state index contributed by atoms with van der Waals surface area (Å²) in [6, 6.07) is 1.80. The van der Waals surface area contributed by atoms with E-state index in [0.717, 1.165) is 5.82 Å². The summed E-state index contributed by atoms with van der Waals surface area (Å²) in [4.78, 5) is 22.0. The van der Waals surface area contributed by atoms with E-state index in [9.17, 15) is 4.79 Å². The Morgan fingerprint density at radius 2 is 2.21 bits per heavy atom. The van der Waals surface area contributed by atoms with E-state index >= 15 is 0 Å². The van der Waals surface area contributed by atoms with Crippen molar-refractivity contribution < 1.29 is 9.53 Å². The Hall–Kier alpha value is -1.89. The summed E-state index contributed by atoms with van der Waals surface area (Å²) >= 11 is 0. The van der Waals surface area contributed by atoms with E-state index in [2.05, 4.69) is 20.6 Å². The molecule has 0 atom stereocenters. The van der Waals surface area contributed by atoms with Gasteiger partial charge in [0.15, 0.2) is 0 Å². The SMILES string of the molecule is CNc1cc(N(C)CC(=O)NCCOC)nc(C)n1. The minimum atomic E-state index is -0.0678. The van der Waals surface area contributed by atoms with Crippen molar-refractivity contribution in [2.45, 2.75) is 6.92 Å². The fourth-order valence-corrected chi connectivity index (χ4v) is 1.52. The van der Waals surface area contributed by atoms with Gasteiger partial charge in [-0.05, 0) is 6.92 Å². The maximum atomic E-state index is 11.7. The lowest BCUT2D eigenvalue weighted by atomic mass is 10.4. The van der Waals surface area contributed by atoms with Gasteiger partial charge >= 0.3 is 0 Å². The van der Waals surface area contributed by atoms with Crippen molar-refractivity contribution in [3.63, 3.8) is 0 Å². The molecule has 1 aromatic heterocycles. The summed E-state index contributed by atoms with van der Waals surface area (Å²) in [6.45, 7) is 3.07. The number of carbonyl (C=O) groups excluding carboxylic acids is 1. The summed E-state index contributed by atoms with van der Waals surface area (Å²) in [5.74, 6) is 2.03. The molecule has 0 fully saturated rings. The number of rotatable bonds is 7. The number of hydrogen-bond acceptors (Lipinski definition) is 6. The predicted molar refractivity (Wildman–Crippen MR) is 74.5 cm³/mol. The first kappa shape index (κ1) is 15.2. The zero-order chi connectivity index (χ0) is 14.3. The summed E-state index contributed by atoms with van der Waals surface area (Å²) in [5, 5.41) is 5.73. The van der Waals surface area contributed by atoms with E-state index in [0.29, 0.717) is 24.8 Å². The lowest BCUT2D eigenvalue weighted by Gasteiger charge is -2.18. The van der Waals surface area contributed by atoms with Gasteiger partial charge in [-0.3, -0.25) is 4.79 Å². The first-order valence-corrected chi connectivity index (χ1v) is 6.07. The van der Waals surface area contributed by atoms with Crippen LogP contribution in [0.25, 0.3) is 0 Å². The van der Waals surface area contributed by atoms with Gasteiger partial charge in [0.05, 0.1) is 13.2 Å². The molecule has 0 aliphatic rings. The van der Waals surface area contributed by atoms with E-state index in [1.807, 2.05) is 14.0 Å². The Morgan fingerprint density at radius 1 is 1.47 bits per heavy atom. The van der Waals surface area contributed by atoms with Crippen molar-refractivity contribution in [1.29, 1.82) is 0 Å². The molecule has 106 valence electrons. The zero-order valence-electron chi connectivity index (χ0n) is 11.9. The van der Waals surface area contributed by atoms with Gasteiger partial charge in [-0.15, -0.1) is 0 Å². The zero-order valence-corrected chi connectivity index (χ0v) is 11.9. The first-order chi connectivity index (χ1) is 9.06. The lowest BCUT2D eigenvalue weighted by Crippen LogP contribution is -2.37. The minimum Gasteiger partial charge on any atom is -0.383 e. The number of amides is 1. The normalized spacial score (nSPS) is 10.1. The highest BCUT2D eigenvalue weighted by atomic mass is 16.5. The second-order valence-electron chi connectivity index (χ2n) is 4.11. The number of nitrogens with zero attached hydrogens (tertiary/aromatic N) is 3. The van der Waals surface area contributed by atoms with Gasteiger partial charge in [0.1, 0.15) is 17.5 Å². The van der Waals surface area contributed by atoms with Crippen molar-refractivity contribution in [3.8, 4) is 0 Å². The molecular weight excluding hydrogens is 246 g/mol. The second kappa shape index (κ2) is 7.52. The van der Waals surface area contributed by atoms with Gasteiger partial charge in [0.25, 0.3) is 0 Å². The van der Waals surface area contributed by atoms with E-state index in [4.69, 9.17) is 4.74 Å². The molecular formula is C12H21N5O2. The lowest BCUT2D eigenvalue weighted by molar-refractivity contribution is -0.119. The van der Waals surface area contributed by atoms with Crippen LogP contribution in [-0.4, -0.2) is 56.8 Å². The van der Waals surface area contributed by atoms with Gasteiger partial charge in [-0.2, -0.15) is 0 Å². The molecule has 0 aliphatic heterocycles. The number of anilines is 2. The van der Waals surface area contributed by atoms with E-state index < -0.39 is 0 Å². The van der Waals surface area contributed by atoms with Crippen molar-refractivity contribution in [3.05, 3.63) is 11.9 Å². The van der Waals surface area contributed by atoms with Crippen LogP contribution in [0.15, 0.2) is 6.07 Å².